The van der Waals surface area contributed by atoms with E-state index in [1.54, 1.807) is 0 Å². The second-order valence-electron chi connectivity index (χ2n) is 2.53. The van der Waals surface area contributed by atoms with E-state index in [2.05, 4.69) is 0 Å². The first kappa shape index (κ1) is 8.77. The van der Waals surface area contributed by atoms with Gasteiger partial charge in [-0.25, -0.2) is 8.78 Å². The number of alkyl halides is 1. The van der Waals surface area contributed by atoms with Gasteiger partial charge in [-0.3, -0.25) is 9.59 Å². The number of hydrogen-bond donors (Lipinski definition) is 0. The van der Waals surface area contributed by atoms with Crippen LogP contribution in [0.25, 0.3) is 0 Å². The summed E-state index contributed by atoms with van der Waals surface area (Å²) in [5.41, 5.74) is -2.48. The van der Waals surface area contributed by atoms with Crippen LogP contribution in [0.5, 0.6) is 0 Å². The van der Waals surface area contributed by atoms with Crippen molar-refractivity contribution < 1.29 is 18.4 Å². The fourth-order valence-corrected chi connectivity index (χ4v) is 0.902. The number of carbonyl (C=O) groups excluding carboxylic acids is 2. The molecule has 1 unspecified atom stereocenters. The molecule has 0 N–H and O–H groups in total. The zero-order chi connectivity index (χ0) is 9.19. The minimum Gasteiger partial charge on any atom is -0.299 e. The Kier molecular flexibility index (Phi) is 2.17. The van der Waals surface area contributed by atoms with Crippen LogP contribution < -0.4 is 0 Å². The van der Waals surface area contributed by atoms with Gasteiger partial charge in [-0.05, 0) is 12.2 Å². The molecule has 0 fully saturated rings. The van der Waals surface area contributed by atoms with Gasteiger partial charge in [0.2, 0.25) is 0 Å². The Morgan fingerprint density at radius 1 is 1.50 bits per heavy atom. The molecule has 0 radical (unpaired) electrons. The summed E-state index contributed by atoms with van der Waals surface area (Å²) in [5, 5.41) is 0. The molecule has 12 heavy (non-hydrogen) atoms. The Morgan fingerprint density at radius 2 is 2.17 bits per heavy atom. The minimum absolute atomic E-state index is 0.0185. The van der Waals surface area contributed by atoms with E-state index in [1.807, 2.05) is 0 Å². The van der Waals surface area contributed by atoms with Gasteiger partial charge in [-0.1, -0.05) is 0 Å². The van der Waals surface area contributed by atoms with Crippen LogP contribution in [0.3, 0.4) is 0 Å². The third kappa shape index (κ3) is 1.47. The molecular formula is C8H6F2O2. The molecule has 0 aliphatic heterocycles. The molecule has 1 aliphatic rings. The van der Waals surface area contributed by atoms with Gasteiger partial charge in [-0.15, -0.1) is 0 Å². The summed E-state index contributed by atoms with van der Waals surface area (Å²) in [6, 6.07) is 0. The molecule has 64 valence electrons. The molecule has 0 amide bonds. The first-order valence-corrected chi connectivity index (χ1v) is 3.29. The molecule has 0 aromatic carbocycles. The van der Waals surface area contributed by atoms with E-state index in [4.69, 9.17) is 0 Å². The fraction of sp³-hybridized carbons (Fsp3) is 0.250. The van der Waals surface area contributed by atoms with Crippen molar-refractivity contribution in [3.63, 3.8) is 0 Å². The van der Waals surface area contributed by atoms with Crippen LogP contribution in [0.1, 0.15) is 6.42 Å². The van der Waals surface area contributed by atoms with Crippen LogP contribution in [0.15, 0.2) is 23.6 Å². The van der Waals surface area contributed by atoms with Crippen molar-refractivity contribution in [1.82, 2.24) is 0 Å². The van der Waals surface area contributed by atoms with Crippen molar-refractivity contribution >= 4 is 12.6 Å². The Morgan fingerprint density at radius 3 is 2.58 bits per heavy atom. The summed E-state index contributed by atoms with van der Waals surface area (Å²) < 4.78 is 25.7. The Labute approximate surface area is 67.6 Å². The van der Waals surface area contributed by atoms with E-state index in [0.717, 1.165) is 12.2 Å². The summed E-state index contributed by atoms with van der Waals surface area (Å²) in [5.74, 6) is -0.887. The van der Waals surface area contributed by atoms with E-state index in [9.17, 15) is 18.4 Å². The lowest BCUT2D eigenvalue weighted by Crippen LogP contribution is -2.24. The largest absolute Gasteiger partial charge is 0.299 e. The van der Waals surface area contributed by atoms with Crippen molar-refractivity contribution in [2.24, 2.45) is 0 Å². The number of hydrogen-bond acceptors (Lipinski definition) is 2. The quantitative estimate of drug-likeness (QED) is 0.588. The van der Waals surface area contributed by atoms with Crippen LogP contribution in [0.4, 0.5) is 8.78 Å². The van der Waals surface area contributed by atoms with Gasteiger partial charge in [-0.2, -0.15) is 0 Å². The average Bonchev–Trinajstić information content (AvgIpc) is 2.05. The lowest BCUT2D eigenvalue weighted by atomic mass is 9.95. The number of rotatable bonds is 2. The molecule has 0 aromatic heterocycles. The highest BCUT2D eigenvalue weighted by atomic mass is 19.1. The minimum atomic E-state index is -2.28. The molecule has 1 rings (SSSR count). The van der Waals surface area contributed by atoms with Crippen molar-refractivity contribution in [3.05, 3.63) is 23.6 Å². The first-order valence-electron chi connectivity index (χ1n) is 3.29. The predicted molar refractivity (Wildman–Crippen MR) is 37.9 cm³/mol. The fourth-order valence-electron chi connectivity index (χ4n) is 0.902. The molecular weight excluding hydrogens is 166 g/mol. The van der Waals surface area contributed by atoms with Gasteiger partial charge in [0.1, 0.15) is 5.83 Å². The van der Waals surface area contributed by atoms with Gasteiger partial charge in [0.05, 0.1) is 0 Å². The smallest absolute Gasteiger partial charge is 0.190 e. The molecule has 1 atom stereocenters. The molecule has 0 saturated heterocycles. The molecule has 4 heteroatoms. The van der Waals surface area contributed by atoms with Crippen LogP contribution in [-0.2, 0) is 9.59 Å². The highest BCUT2D eigenvalue weighted by molar-refractivity contribution is 5.81. The Bertz CT molecular complexity index is 281. The molecule has 2 nitrogen and oxygen atoms in total. The van der Waals surface area contributed by atoms with Gasteiger partial charge in [0.15, 0.2) is 18.2 Å². The maximum absolute atomic E-state index is 13.0. The average molecular weight is 172 g/mol. The summed E-state index contributed by atoms with van der Waals surface area (Å²) in [7, 11) is 0. The molecule has 1 aliphatic carbocycles. The SMILES string of the molecule is O=CC1=C(F)CC(F)(C=O)C=C1. The third-order valence-electron chi connectivity index (χ3n) is 1.60. The zero-order valence-corrected chi connectivity index (χ0v) is 6.09. The van der Waals surface area contributed by atoms with Crippen LogP contribution in [-0.4, -0.2) is 18.2 Å². The summed E-state index contributed by atoms with van der Waals surface area (Å²) in [4.78, 5) is 20.2. The number of allylic oxidation sites excluding steroid dienone is 4. The van der Waals surface area contributed by atoms with Crippen molar-refractivity contribution in [1.29, 1.82) is 0 Å². The van der Waals surface area contributed by atoms with Crippen LogP contribution >= 0.6 is 0 Å². The van der Waals surface area contributed by atoms with Gasteiger partial charge >= 0.3 is 0 Å². The van der Waals surface area contributed by atoms with Gasteiger partial charge in [0.25, 0.3) is 0 Å². The maximum Gasteiger partial charge on any atom is 0.190 e. The predicted octanol–water partition coefficient (Wildman–Crippen LogP) is 1.28. The monoisotopic (exact) mass is 172 g/mol. The highest BCUT2D eigenvalue weighted by Gasteiger charge is 2.31. The maximum atomic E-state index is 13.0. The molecule has 0 saturated carbocycles. The standard InChI is InChI=1S/C8H6F2O2/c9-7-3-8(10,5-12)2-1-6(7)4-11/h1-2,4-5H,3H2. The van der Waals surface area contributed by atoms with Crippen molar-refractivity contribution in [3.8, 4) is 0 Å². The highest BCUT2D eigenvalue weighted by Crippen LogP contribution is 2.28. The number of halogens is 2. The van der Waals surface area contributed by atoms with E-state index >= 15 is 0 Å². The summed E-state index contributed by atoms with van der Waals surface area (Å²) in [6.45, 7) is 0. The van der Waals surface area contributed by atoms with Gasteiger partial charge in [0, 0.05) is 12.0 Å². The summed E-state index contributed by atoms with van der Waals surface area (Å²) >= 11 is 0. The number of carbonyl (C=O) groups is 2. The van der Waals surface area contributed by atoms with E-state index in [0.29, 0.717) is 0 Å². The lowest BCUT2D eigenvalue weighted by molar-refractivity contribution is -0.115. The van der Waals surface area contributed by atoms with E-state index in [1.165, 1.54) is 0 Å². The van der Waals surface area contributed by atoms with Crippen molar-refractivity contribution in [2.75, 3.05) is 0 Å². The second kappa shape index (κ2) is 2.97. The Hall–Kier alpha value is -1.32. The van der Waals surface area contributed by atoms with Crippen LogP contribution in [0.2, 0.25) is 0 Å². The molecule has 0 bridgehead atoms. The molecule has 0 spiro atoms. The normalized spacial score (nSPS) is 28.8. The van der Waals surface area contributed by atoms with Crippen LogP contribution in [0, 0.1) is 0 Å². The topological polar surface area (TPSA) is 34.1 Å². The Balaban J connectivity index is 2.95. The molecule has 0 aromatic rings. The first-order chi connectivity index (χ1) is 5.61. The van der Waals surface area contributed by atoms with Gasteiger partial charge < -0.3 is 0 Å². The lowest BCUT2D eigenvalue weighted by Gasteiger charge is -2.16. The second-order valence-corrected chi connectivity index (χ2v) is 2.53. The third-order valence-corrected chi connectivity index (χ3v) is 1.60. The molecule has 0 heterocycles. The van der Waals surface area contributed by atoms with Crippen molar-refractivity contribution in [2.45, 2.75) is 12.1 Å². The summed E-state index contributed by atoms with van der Waals surface area (Å²) in [6.07, 6.45) is 1.48. The number of aldehydes is 2. The van der Waals surface area contributed by atoms with E-state index in [-0.39, 0.29) is 18.1 Å². The zero-order valence-electron chi connectivity index (χ0n) is 6.09. The van der Waals surface area contributed by atoms with E-state index < -0.39 is 17.9 Å².